The maximum absolute atomic E-state index is 8.75. The van der Waals surface area contributed by atoms with Crippen molar-refractivity contribution in [2.24, 2.45) is 0 Å². The smallest absolute Gasteiger partial charge is 0.0670 e. The number of nitriles is 1. The SMILES string of the molecule is N#CCc1cc(Nc2ccc(Cl)cc2Br)ccc1N. The summed E-state index contributed by atoms with van der Waals surface area (Å²) in [5, 5.41) is 12.7. The van der Waals surface area contributed by atoms with Crippen LogP contribution >= 0.6 is 27.5 Å². The molecule has 0 atom stereocenters. The lowest BCUT2D eigenvalue weighted by molar-refractivity contribution is 1.27. The molecule has 2 aromatic rings. The number of nitrogens with zero attached hydrogens (tertiary/aromatic N) is 1. The number of benzene rings is 2. The molecule has 0 heterocycles. The molecule has 3 N–H and O–H groups in total. The number of nitrogen functional groups attached to an aromatic ring is 1. The zero-order chi connectivity index (χ0) is 13.8. The summed E-state index contributed by atoms with van der Waals surface area (Å²) in [5.41, 5.74) is 9.03. The molecule has 0 aromatic heterocycles. The lowest BCUT2D eigenvalue weighted by atomic mass is 10.1. The van der Waals surface area contributed by atoms with Crippen molar-refractivity contribution in [3.05, 3.63) is 51.5 Å². The Bertz CT molecular complexity index is 650. The van der Waals surface area contributed by atoms with E-state index < -0.39 is 0 Å². The number of hydrogen-bond donors (Lipinski definition) is 2. The van der Waals surface area contributed by atoms with Crippen LogP contribution in [0.3, 0.4) is 0 Å². The van der Waals surface area contributed by atoms with Gasteiger partial charge in [-0.2, -0.15) is 5.26 Å². The Morgan fingerprint density at radius 1 is 1.26 bits per heavy atom. The van der Waals surface area contributed by atoms with Crippen LogP contribution in [-0.4, -0.2) is 0 Å². The summed E-state index contributed by atoms with van der Waals surface area (Å²) < 4.78 is 0.874. The molecular weight excluding hydrogens is 326 g/mol. The highest BCUT2D eigenvalue weighted by atomic mass is 79.9. The van der Waals surface area contributed by atoms with Gasteiger partial charge in [0, 0.05) is 20.9 Å². The molecular formula is C14H11BrClN3. The summed E-state index contributed by atoms with van der Waals surface area (Å²) in [4.78, 5) is 0. The number of anilines is 3. The van der Waals surface area contributed by atoms with Gasteiger partial charge in [0.25, 0.3) is 0 Å². The van der Waals surface area contributed by atoms with Crippen LogP contribution in [0.15, 0.2) is 40.9 Å². The van der Waals surface area contributed by atoms with Crippen LogP contribution in [-0.2, 0) is 6.42 Å². The maximum atomic E-state index is 8.75. The quantitative estimate of drug-likeness (QED) is 0.812. The van der Waals surface area contributed by atoms with Gasteiger partial charge in [0.1, 0.15) is 0 Å². The minimum absolute atomic E-state index is 0.295. The van der Waals surface area contributed by atoms with E-state index in [1.165, 1.54) is 0 Å². The Morgan fingerprint density at radius 3 is 2.74 bits per heavy atom. The first-order chi connectivity index (χ1) is 9.10. The summed E-state index contributed by atoms with van der Waals surface area (Å²) in [6.07, 6.45) is 0.295. The van der Waals surface area contributed by atoms with Gasteiger partial charge in [0.15, 0.2) is 0 Å². The minimum atomic E-state index is 0.295. The predicted octanol–water partition coefficient (Wildman–Crippen LogP) is 4.49. The number of halogens is 2. The molecule has 0 aliphatic carbocycles. The molecule has 5 heteroatoms. The number of nitrogens with one attached hydrogen (secondary N) is 1. The van der Waals surface area contributed by atoms with Crippen molar-refractivity contribution in [2.45, 2.75) is 6.42 Å². The maximum Gasteiger partial charge on any atom is 0.0670 e. The molecule has 0 aliphatic heterocycles. The highest BCUT2D eigenvalue weighted by molar-refractivity contribution is 9.10. The van der Waals surface area contributed by atoms with Crippen LogP contribution < -0.4 is 11.1 Å². The van der Waals surface area contributed by atoms with Crippen LogP contribution in [0.1, 0.15) is 5.56 Å². The van der Waals surface area contributed by atoms with Gasteiger partial charge in [-0.25, -0.2) is 0 Å². The zero-order valence-corrected chi connectivity index (χ0v) is 12.3. The third kappa shape index (κ3) is 3.40. The van der Waals surface area contributed by atoms with Gasteiger partial charge in [-0.15, -0.1) is 0 Å². The summed E-state index contributed by atoms with van der Waals surface area (Å²) in [7, 11) is 0. The van der Waals surface area contributed by atoms with Gasteiger partial charge in [0.2, 0.25) is 0 Å². The summed E-state index contributed by atoms with van der Waals surface area (Å²) in [6.45, 7) is 0. The van der Waals surface area contributed by atoms with Gasteiger partial charge in [-0.3, -0.25) is 0 Å². The third-order valence-electron chi connectivity index (χ3n) is 2.62. The Labute approximate surface area is 125 Å². The molecule has 0 saturated heterocycles. The number of hydrogen-bond acceptors (Lipinski definition) is 3. The molecule has 0 unspecified atom stereocenters. The predicted molar refractivity (Wildman–Crippen MR) is 82.6 cm³/mol. The normalized spacial score (nSPS) is 9.95. The fraction of sp³-hybridized carbons (Fsp3) is 0.0714. The van der Waals surface area contributed by atoms with Crippen LogP contribution in [0.2, 0.25) is 5.02 Å². The van der Waals surface area contributed by atoms with Crippen LogP contribution in [0.4, 0.5) is 17.1 Å². The summed E-state index contributed by atoms with van der Waals surface area (Å²) in [6, 6.07) is 13.1. The molecule has 0 aliphatic rings. The van der Waals surface area contributed by atoms with Crippen LogP contribution in [0, 0.1) is 11.3 Å². The molecule has 2 rings (SSSR count). The standard InChI is InChI=1S/C14H11BrClN3/c15-12-8-10(16)1-4-14(12)19-11-2-3-13(18)9(7-11)5-6-17/h1-4,7-8,19H,5,18H2. The van der Waals surface area contributed by atoms with E-state index in [0.29, 0.717) is 17.1 Å². The molecule has 2 aromatic carbocycles. The molecule has 0 amide bonds. The minimum Gasteiger partial charge on any atom is -0.398 e. The number of nitrogens with two attached hydrogens (primary N) is 1. The van der Waals surface area contributed by atoms with E-state index in [4.69, 9.17) is 22.6 Å². The van der Waals surface area contributed by atoms with Crippen molar-refractivity contribution < 1.29 is 0 Å². The molecule has 0 radical (unpaired) electrons. The zero-order valence-electron chi connectivity index (χ0n) is 9.95. The summed E-state index contributed by atoms with van der Waals surface area (Å²) in [5.74, 6) is 0. The first kappa shape index (κ1) is 13.7. The van der Waals surface area contributed by atoms with Crippen molar-refractivity contribution >= 4 is 44.6 Å². The molecule has 0 bridgehead atoms. The van der Waals surface area contributed by atoms with Crippen molar-refractivity contribution in [1.29, 1.82) is 5.26 Å². The van der Waals surface area contributed by atoms with Gasteiger partial charge in [0.05, 0.1) is 18.2 Å². The van der Waals surface area contributed by atoms with Crippen molar-refractivity contribution in [1.82, 2.24) is 0 Å². The average Bonchev–Trinajstić information content (AvgIpc) is 2.37. The second-order valence-electron chi connectivity index (χ2n) is 4.00. The molecule has 19 heavy (non-hydrogen) atoms. The van der Waals surface area contributed by atoms with Gasteiger partial charge < -0.3 is 11.1 Å². The Kier molecular flexibility index (Phi) is 4.31. The van der Waals surface area contributed by atoms with E-state index in [0.717, 1.165) is 21.4 Å². The van der Waals surface area contributed by atoms with Gasteiger partial charge in [-0.05, 0) is 57.9 Å². The van der Waals surface area contributed by atoms with E-state index in [2.05, 4.69) is 27.3 Å². The van der Waals surface area contributed by atoms with E-state index in [1.807, 2.05) is 30.3 Å². The molecule has 0 fully saturated rings. The third-order valence-corrected chi connectivity index (χ3v) is 3.51. The monoisotopic (exact) mass is 335 g/mol. The second-order valence-corrected chi connectivity index (χ2v) is 5.29. The van der Waals surface area contributed by atoms with Crippen LogP contribution in [0.5, 0.6) is 0 Å². The Balaban J connectivity index is 2.28. The fourth-order valence-corrected chi connectivity index (χ4v) is 2.45. The Hall–Kier alpha value is -1.70. The summed E-state index contributed by atoms with van der Waals surface area (Å²) >= 11 is 9.34. The van der Waals surface area contributed by atoms with Crippen molar-refractivity contribution in [2.75, 3.05) is 11.1 Å². The molecule has 96 valence electrons. The first-order valence-electron chi connectivity index (χ1n) is 5.57. The van der Waals surface area contributed by atoms with E-state index >= 15 is 0 Å². The van der Waals surface area contributed by atoms with E-state index in [1.54, 1.807) is 6.07 Å². The highest BCUT2D eigenvalue weighted by Gasteiger charge is 2.04. The average molecular weight is 337 g/mol. The van der Waals surface area contributed by atoms with E-state index in [9.17, 15) is 0 Å². The molecule has 0 saturated carbocycles. The van der Waals surface area contributed by atoms with Gasteiger partial charge in [-0.1, -0.05) is 11.6 Å². The molecule has 0 spiro atoms. The first-order valence-corrected chi connectivity index (χ1v) is 6.74. The van der Waals surface area contributed by atoms with Crippen molar-refractivity contribution in [3.8, 4) is 6.07 Å². The van der Waals surface area contributed by atoms with Crippen molar-refractivity contribution in [3.63, 3.8) is 0 Å². The largest absolute Gasteiger partial charge is 0.398 e. The topological polar surface area (TPSA) is 61.8 Å². The van der Waals surface area contributed by atoms with Crippen LogP contribution in [0.25, 0.3) is 0 Å². The Morgan fingerprint density at radius 2 is 2.05 bits per heavy atom. The van der Waals surface area contributed by atoms with Gasteiger partial charge >= 0.3 is 0 Å². The molecule has 3 nitrogen and oxygen atoms in total. The highest BCUT2D eigenvalue weighted by Crippen LogP contribution is 2.29. The second kappa shape index (κ2) is 5.96. The fourth-order valence-electron chi connectivity index (χ4n) is 1.67. The lowest BCUT2D eigenvalue weighted by Crippen LogP contribution is -1.97. The van der Waals surface area contributed by atoms with E-state index in [-0.39, 0.29) is 0 Å². The number of rotatable bonds is 3. The lowest BCUT2D eigenvalue weighted by Gasteiger charge is -2.11.